The maximum atomic E-state index is 13.3. The summed E-state index contributed by atoms with van der Waals surface area (Å²) in [7, 11) is 0. The molecule has 0 spiro atoms. The molecule has 6 nitrogen and oxygen atoms in total. The lowest BCUT2D eigenvalue weighted by Gasteiger charge is -2.27. The topological polar surface area (TPSA) is 54.9 Å². The molecule has 0 aliphatic carbocycles. The summed E-state index contributed by atoms with van der Waals surface area (Å²) >= 11 is 1.58. The molecule has 164 valence electrons. The maximum absolute atomic E-state index is 13.3. The number of nitrogens with zero attached hydrogens (tertiary/aromatic N) is 3. The van der Waals surface area contributed by atoms with Crippen molar-refractivity contribution in [1.82, 2.24) is 9.88 Å². The first-order valence-corrected chi connectivity index (χ1v) is 11.7. The molecule has 0 atom stereocenters. The molecule has 0 unspecified atom stereocenters. The molecule has 1 amide bonds. The van der Waals surface area contributed by atoms with Gasteiger partial charge in [-0.05, 0) is 43.2 Å². The predicted octanol–water partition coefficient (Wildman–Crippen LogP) is 3.99. The molecular weight excluding hydrogens is 410 g/mol. The highest BCUT2D eigenvalue weighted by Crippen LogP contribution is 2.29. The molecular formula is C24H29N3O3S. The largest absolute Gasteiger partial charge is 0.494 e. The standard InChI is InChI=1S/C24H29N3O3S/c1-2-30-20-10-8-19(9-11-20)18-23(28)27(13-5-12-26-14-16-29-17-15-26)24-25-21-6-3-4-7-22(21)31-24/h3-4,6-11H,2,5,12-18H2,1H3. The van der Waals surface area contributed by atoms with E-state index >= 15 is 0 Å². The number of anilines is 1. The molecule has 0 N–H and O–H groups in total. The van der Waals surface area contributed by atoms with Gasteiger partial charge in [-0.2, -0.15) is 0 Å². The van der Waals surface area contributed by atoms with Crippen molar-refractivity contribution in [2.75, 3.05) is 50.9 Å². The van der Waals surface area contributed by atoms with E-state index in [9.17, 15) is 4.79 Å². The Balaban J connectivity index is 1.47. The van der Waals surface area contributed by atoms with E-state index in [1.165, 1.54) is 0 Å². The average Bonchev–Trinajstić information content (AvgIpc) is 3.22. The van der Waals surface area contributed by atoms with Crippen LogP contribution in [-0.4, -0.2) is 61.8 Å². The molecule has 1 saturated heterocycles. The van der Waals surface area contributed by atoms with Crippen LogP contribution in [0.4, 0.5) is 5.13 Å². The summed E-state index contributed by atoms with van der Waals surface area (Å²) < 4.78 is 12.0. The van der Waals surface area contributed by atoms with E-state index in [0.717, 1.165) is 65.9 Å². The molecule has 3 aromatic rings. The molecule has 0 radical (unpaired) electrons. The van der Waals surface area contributed by atoms with E-state index in [1.807, 2.05) is 54.3 Å². The Morgan fingerprint density at radius 1 is 1.16 bits per heavy atom. The summed E-state index contributed by atoms with van der Waals surface area (Å²) in [6.45, 7) is 7.71. The zero-order valence-electron chi connectivity index (χ0n) is 18.0. The Labute approximate surface area is 187 Å². The molecule has 4 rings (SSSR count). The van der Waals surface area contributed by atoms with E-state index in [-0.39, 0.29) is 5.91 Å². The van der Waals surface area contributed by atoms with Crippen LogP contribution in [0.15, 0.2) is 48.5 Å². The van der Waals surface area contributed by atoms with Crippen LogP contribution in [-0.2, 0) is 16.0 Å². The number of hydrogen-bond donors (Lipinski definition) is 0. The highest BCUT2D eigenvalue weighted by atomic mass is 32.1. The quantitative estimate of drug-likeness (QED) is 0.505. The number of fused-ring (bicyclic) bond motifs is 1. The summed E-state index contributed by atoms with van der Waals surface area (Å²) in [4.78, 5) is 22.3. The highest BCUT2D eigenvalue weighted by molar-refractivity contribution is 7.22. The number of thiazole rings is 1. The van der Waals surface area contributed by atoms with E-state index in [1.54, 1.807) is 11.3 Å². The summed E-state index contributed by atoms with van der Waals surface area (Å²) in [6, 6.07) is 15.8. The fourth-order valence-electron chi connectivity index (χ4n) is 3.72. The lowest BCUT2D eigenvalue weighted by Crippen LogP contribution is -2.39. The lowest BCUT2D eigenvalue weighted by atomic mass is 10.1. The SMILES string of the molecule is CCOc1ccc(CC(=O)N(CCCN2CCOCC2)c2nc3ccccc3s2)cc1. The van der Waals surface area contributed by atoms with Crippen LogP contribution in [0.25, 0.3) is 10.2 Å². The number of amides is 1. The van der Waals surface area contributed by atoms with Crippen molar-refractivity contribution in [3.8, 4) is 5.75 Å². The minimum Gasteiger partial charge on any atom is -0.494 e. The van der Waals surface area contributed by atoms with Gasteiger partial charge in [0.05, 0.1) is 36.5 Å². The van der Waals surface area contributed by atoms with Crippen LogP contribution in [0.1, 0.15) is 18.9 Å². The molecule has 2 heterocycles. The Bertz CT molecular complexity index is 950. The molecule has 1 aliphatic heterocycles. The fraction of sp³-hybridized carbons (Fsp3) is 0.417. The normalized spacial score (nSPS) is 14.6. The zero-order chi connectivity index (χ0) is 21.5. The van der Waals surface area contributed by atoms with E-state index < -0.39 is 0 Å². The number of hydrogen-bond acceptors (Lipinski definition) is 6. The van der Waals surface area contributed by atoms with Crippen LogP contribution in [0, 0.1) is 0 Å². The van der Waals surface area contributed by atoms with Gasteiger partial charge >= 0.3 is 0 Å². The van der Waals surface area contributed by atoms with Crippen molar-refractivity contribution in [2.24, 2.45) is 0 Å². The summed E-state index contributed by atoms with van der Waals surface area (Å²) in [6.07, 6.45) is 1.25. The van der Waals surface area contributed by atoms with E-state index in [4.69, 9.17) is 14.5 Å². The third-order valence-electron chi connectivity index (χ3n) is 5.36. The monoisotopic (exact) mass is 439 g/mol. The van der Waals surface area contributed by atoms with E-state index in [0.29, 0.717) is 19.6 Å². The number of ether oxygens (including phenoxy) is 2. The maximum Gasteiger partial charge on any atom is 0.233 e. The van der Waals surface area contributed by atoms with Crippen LogP contribution < -0.4 is 9.64 Å². The van der Waals surface area contributed by atoms with Gasteiger partial charge < -0.3 is 9.47 Å². The molecule has 0 bridgehead atoms. The number of benzene rings is 2. The van der Waals surface area contributed by atoms with Gasteiger partial charge in [-0.25, -0.2) is 4.98 Å². The number of carbonyl (C=O) groups is 1. The number of rotatable bonds is 9. The van der Waals surface area contributed by atoms with Gasteiger partial charge in [-0.15, -0.1) is 0 Å². The second-order valence-corrected chi connectivity index (χ2v) is 8.58. The van der Waals surface area contributed by atoms with Crippen molar-refractivity contribution in [2.45, 2.75) is 19.8 Å². The van der Waals surface area contributed by atoms with Crippen molar-refractivity contribution in [3.05, 3.63) is 54.1 Å². The van der Waals surface area contributed by atoms with Gasteiger partial charge in [-0.1, -0.05) is 35.6 Å². The van der Waals surface area contributed by atoms with Gasteiger partial charge in [0.2, 0.25) is 5.91 Å². The van der Waals surface area contributed by atoms with Crippen molar-refractivity contribution in [1.29, 1.82) is 0 Å². The van der Waals surface area contributed by atoms with E-state index in [2.05, 4.69) is 11.0 Å². The molecule has 0 saturated carbocycles. The Kier molecular flexibility index (Phi) is 7.51. The first kappa shape index (κ1) is 21.7. The van der Waals surface area contributed by atoms with Crippen molar-refractivity contribution < 1.29 is 14.3 Å². The molecule has 1 fully saturated rings. The molecule has 31 heavy (non-hydrogen) atoms. The summed E-state index contributed by atoms with van der Waals surface area (Å²) in [5.41, 5.74) is 1.92. The molecule has 2 aromatic carbocycles. The molecule has 7 heteroatoms. The van der Waals surface area contributed by atoms with Gasteiger partial charge in [0.25, 0.3) is 0 Å². The minimum atomic E-state index is 0.0743. The zero-order valence-corrected chi connectivity index (χ0v) is 18.8. The number of aromatic nitrogens is 1. The fourth-order valence-corrected chi connectivity index (χ4v) is 4.73. The van der Waals surface area contributed by atoms with Crippen LogP contribution in [0.5, 0.6) is 5.75 Å². The Morgan fingerprint density at radius 2 is 1.94 bits per heavy atom. The minimum absolute atomic E-state index is 0.0743. The number of para-hydroxylation sites is 1. The highest BCUT2D eigenvalue weighted by Gasteiger charge is 2.21. The predicted molar refractivity (Wildman–Crippen MR) is 125 cm³/mol. The number of morpholine rings is 1. The first-order valence-electron chi connectivity index (χ1n) is 10.9. The van der Waals surface area contributed by atoms with Crippen LogP contribution in [0.2, 0.25) is 0 Å². The van der Waals surface area contributed by atoms with Gasteiger partial charge in [0, 0.05) is 26.2 Å². The lowest BCUT2D eigenvalue weighted by molar-refractivity contribution is -0.118. The third-order valence-corrected chi connectivity index (χ3v) is 6.42. The van der Waals surface area contributed by atoms with Gasteiger partial charge in [0.15, 0.2) is 5.13 Å². The Hall–Kier alpha value is -2.48. The summed E-state index contributed by atoms with van der Waals surface area (Å²) in [5, 5.41) is 0.777. The average molecular weight is 440 g/mol. The molecule has 1 aliphatic rings. The second kappa shape index (κ2) is 10.7. The van der Waals surface area contributed by atoms with Crippen molar-refractivity contribution >= 4 is 32.6 Å². The Morgan fingerprint density at radius 3 is 2.68 bits per heavy atom. The van der Waals surface area contributed by atoms with Crippen LogP contribution >= 0.6 is 11.3 Å². The smallest absolute Gasteiger partial charge is 0.233 e. The second-order valence-electron chi connectivity index (χ2n) is 7.57. The van der Waals surface area contributed by atoms with Gasteiger partial charge in [-0.3, -0.25) is 14.6 Å². The van der Waals surface area contributed by atoms with Crippen molar-refractivity contribution in [3.63, 3.8) is 0 Å². The number of carbonyl (C=O) groups excluding carboxylic acids is 1. The van der Waals surface area contributed by atoms with Crippen LogP contribution in [0.3, 0.4) is 0 Å². The van der Waals surface area contributed by atoms with Gasteiger partial charge in [0.1, 0.15) is 5.75 Å². The third kappa shape index (κ3) is 5.81. The summed E-state index contributed by atoms with van der Waals surface area (Å²) in [5.74, 6) is 0.900. The molecule has 1 aromatic heterocycles. The first-order chi connectivity index (χ1) is 15.2.